The smallest absolute Gasteiger partial charge is 0.274 e. The predicted octanol–water partition coefficient (Wildman–Crippen LogP) is 4.31. The van der Waals surface area contributed by atoms with Crippen molar-refractivity contribution in [3.05, 3.63) is 68.5 Å². The number of nitrogens with one attached hydrogen (secondary N) is 1. The van der Waals surface area contributed by atoms with Crippen molar-refractivity contribution in [2.45, 2.75) is 13.5 Å². The van der Waals surface area contributed by atoms with Crippen LogP contribution in [0.15, 0.2) is 36.4 Å². The molecule has 1 N–H and O–H groups in total. The molecule has 0 heterocycles. The third-order valence-electron chi connectivity index (χ3n) is 2.83. The number of nitrogens with zero attached hydrogens (tertiary/aromatic N) is 1. The van der Waals surface area contributed by atoms with Crippen LogP contribution in [0.4, 0.5) is 15.8 Å². The summed E-state index contributed by atoms with van der Waals surface area (Å²) < 4.78 is 13.7. The molecule has 0 aliphatic carbocycles. The van der Waals surface area contributed by atoms with Crippen LogP contribution in [0, 0.1) is 22.9 Å². The van der Waals surface area contributed by atoms with E-state index in [1.807, 2.05) is 0 Å². The summed E-state index contributed by atoms with van der Waals surface area (Å²) in [5.41, 5.74) is 1.46. The minimum atomic E-state index is -0.487. The fourth-order valence-electron chi connectivity index (χ4n) is 1.83. The summed E-state index contributed by atoms with van der Waals surface area (Å²) in [4.78, 5) is 10.4. The highest BCUT2D eigenvalue weighted by Crippen LogP contribution is 2.24. The first-order valence-electron chi connectivity index (χ1n) is 5.90. The van der Waals surface area contributed by atoms with E-state index in [0.29, 0.717) is 16.3 Å². The van der Waals surface area contributed by atoms with E-state index < -0.39 is 10.7 Å². The molecule has 0 fully saturated rings. The maximum atomic E-state index is 13.7. The molecule has 0 spiro atoms. The molecule has 104 valence electrons. The molecule has 2 aromatic rings. The van der Waals surface area contributed by atoms with E-state index in [9.17, 15) is 14.5 Å². The summed E-state index contributed by atoms with van der Waals surface area (Å²) in [7, 11) is 0. The molecule has 0 aliphatic heterocycles. The standard InChI is InChI=1S/C14H12ClFN2O2/c1-9-2-4-13(12(16)6-9)17-8-10-7-11(15)3-5-14(10)18(19)20/h2-7,17H,8H2,1H3. The van der Waals surface area contributed by atoms with E-state index in [-0.39, 0.29) is 12.2 Å². The Morgan fingerprint density at radius 3 is 2.70 bits per heavy atom. The number of benzene rings is 2. The van der Waals surface area contributed by atoms with Gasteiger partial charge in [0.25, 0.3) is 5.69 Å². The predicted molar refractivity (Wildman–Crippen MR) is 76.6 cm³/mol. The van der Waals surface area contributed by atoms with Crippen LogP contribution in [0.1, 0.15) is 11.1 Å². The van der Waals surface area contributed by atoms with Gasteiger partial charge in [0.1, 0.15) is 5.82 Å². The molecule has 0 unspecified atom stereocenters. The molecule has 0 aliphatic rings. The number of aryl methyl sites for hydroxylation is 1. The van der Waals surface area contributed by atoms with E-state index >= 15 is 0 Å². The van der Waals surface area contributed by atoms with Gasteiger partial charge in [0.15, 0.2) is 0 Å². The quantitative estimate of drug-likeness (QED) is 0.675. The van der Waals surface area contributed by atoms with Crippen molar-refractivity contribution in [3.8, 4) is 0 Å². The number of anilines is 1. The lowest BCUT2D eigenvalue weighted by atomic mass is 10.1. The molecular formula is C14H12ClFN2O2. The molecule has 0 amide bonds. The van der Waals surface area contributed by atoms with Crippen LogP contribution in [0.5, 0.6) is 0 Å². The Hall–Kier alpha value is -2.14. The maximum Gasteiger partial charge on any atom is 0.274 e. The van der Waals surface area contributed by atoms with Crippen LogP contribution in [0.2, 0.25) is 5.02 Å². The highest BCUT2D eigenvalue weighted by molar-refractivity contribution is 6.30. The molecule has 0 saturated carbocycles. The van der Waals surface area contributed by atoms with Crippen molar-refractivity contribution in [1.29, 1.82) is 0 Å². The molecule has 2 aromatic carbocycles. The zero-order chi connectivity index (χ0) is 14.7. The zero-order valence-electron chi connectivity index (χ0n) is 10.7. The minimum absolute atomic E-state index is 0.0468. The van der Waals surface area contributed by atoms with Crippen molar-refractivity contribution in [2.75, 3.05) is 5.32 Å². The fourth-order valence-corrected chi connectivity index (χ4v) is 2.02. The number of hydrogen-bond acceptors (Lipinski definition) is 3. The third-order valence-corrected chi connectivity index (χ3v) is 3.07. The van der Waals surface area contributed by atoms with E-state index in [1.54, 1.807) is 19.1 Å². The van der Waals surface area contributed by atoms with Crippen LogP contribution in [-0.4, -0.2) is 4.92 Å². The lowest BCUT2D eigenvalue weighted by Gasteiger charge is -2.09. The second-order valence-corrected chi connectivity index (χ2v) is 4.80. The van der Waals surface area contributed by atoms with Crippen molar-refractivity contribution in [1.82, 2.24) is 0 Å². The summed E-state index contributed by atoms with van der Waals surface area (Å²) in [6.45, 7) is 1.91. The van der Waals surface area contributed by atoms with E-state index in [0.717, 1.165) is 5.56 Å². The molecule has 0 saturated heterocycles. The first-order valence-corrected chi connectivity index (χ1v) is 6.28. The van der Waals surface area contributed by atoms with Crippen LogP contribution in [-0.2, 0) is 6.54 Å². The van der Waals surface area contributed by atoms with Crippen LogP contribution < -0.4 is 5.32 Å². The lowest BCUT2D eigenvalue weighted by molar-refractivity contribution is -0.385. The summed E-state index contributed by atoms with van der Waals surface area (Å²) in [6, 6.07) is 9.05. The fraction of sp³-hybridized carbons (Fsp3) is 0.143. The van der Waals surface area contributed by atoms with Gasteiger partial charge in [0.05, 0.1) is 16.2 Å². The Morgan fingerprint density at radius 2 is 2.05 bits per heavy atom. The molecular weight excluding hydrogens is 283 g/mol. The van der Waals surface area contributed by atoms with E-state index in [1.165, 1.54) is 24.3 Å². The number of hydrogen-bond donors (Lipinski definition) is 1. The maximum absolute atomic E-state index is 13.7. The Morgan fingerprint density at radius 1 is 1.30 bits per heavy atom. The molecule has 0 aromatic heterocycles. The van der Waals surface area contributed by atoms with Crippen LogP contribution >= 0.6 is 11.6 Å². The highest BCUT2D eigenvalue weighted by Gasteiger charge is 2.14. The SMILES string of the molecule is Cc1ccc(NCc2cc(Cl)ccc2[N+](=O)[O-])c(F)c1. The molecule has 2 rings (SSSR count). The van der Waals surface area contributed by atoms with E-state index in [4.69, 9.17) is 11.6 Å². The van der Waals surface area contributed by atoms with Gasteiger partial charge in [0, 0.05) is 17.6 Å². The van der Waals surface area contributed by atoms with Gasteiger partial charge in [-0.3, -0.25) is 10.1 Å². The Kier molecular flexibility index (Phi) is 4.20. The second kappa shape index (κ2) is 5.88. The van der Waals surface area contributed by atoms with Gasteiger partial charge in [-0.1, -0.05) is 17.7 Å². The molecule has 0 bridgehead atoms. The van der Waals surface area contributed by atoms with Gasteiger partial charge in [-0.25, -0.2) is 4.39 Å². The zero-order valence-corrected chi connectivity index (χ0v) is 11.4. The van der Waals surface area contributed by atoms with E-state index in [2.05, 4.69) is 5.32 Å². The normalized spacial score (nSPS) is 10.3. The van der Waals surface area contributed by atoms with Gasteiger partial charge < -0.3 is 5.32 Å². The molecule has 6 heteroatoms. The Bertz CT molecular complexity index is 662. The molecule has 20 heavy (non-hydrogen) atoms. The summed E-state index contributed by atoms with van der Waals surface area (Å²) >= 11 is 5.83. The van der Waals surface area contributed by atoms with Crippen LogP contribution in [0.25, 0.3) is 0 Å². The molecule has 4 nitrogen and oxygen atoms in total. The lowest BCUT2D eigenvalue weighted by Crippen LogP contribution is -2.04. The average molecular weight is 295 g/mol. The molecule has 0 atom stereocenters. The summed E-state index contributed by atoms with van der Waals surface area (Å²) in [5.74, 6) is -0.394. The van der Waals surface area contributed by atoms with Gasteiger partial charge in [-0.15, -0.1) is 0 Å². The second-order valence-electron chi connectivity index (χ2n) is 4.37. The van der Waals surface area contributed by atoms with Crippen molar-refractivity contribution in [2.24, 2.45) is 0 Å². The van der Waals surface area contributed by atoms with Crippen molar-refractivity contribution < 1.29 is 9.31 Å². The third kappa shape index (κ3) is 3.24. The van der Waals surface area contributed by atoms with Gasteiger partial charge in [-0.2, -0.15) is 0 Å². The monoisotopic (exact) mass is 294 g/mol. The number of nitro groups is 1. The van der Waals surface area contributed by atoms with Crippen molar-refractivity contribution >= 4 is 23.0 Å². The Labute approximate surface area is 120 Å². The van der Waals surface area contributed by atoms with Crippen LogP contribution in [0.3, 0.4) is 0 Å². The largest absolute Gasteiger partial charge is 0.378 e. The first-order chi connectivity index (χ1) is 9.47. The first kappa shape index (κ1) is 14.3. The summed E-state index contributed by atoms with van der Waals surface area (Å²) in [6.07, 6.45) is 0. The van der Waals surface area contributed by atoms with Gasteiger partial charge >= 0.3 is 0 Å². The highest BCUT2D eigenvalue weighted by atomic mass is 35.5. The average Bonchev–Trinajstić information content (AvgIpc) is 2.37. The van der Waals surface area contributed by atoms with Gasteiger partial charge in [0.2, 0.25) is 0 Å². The Balaban J connectivity index is 2.22. The van der Waals surface area contributed by atoms with Crippen molar-refractivity contribution in [3.63, 3.8) is 0 Å². The van der Waals surface area contributed by atoms with Gasteiger partial charge in [-0.05, 0) is 36.8 Å². The number of nitro benzene ring substituents is 1. The number of halogens is 2. The molecule has 0 radical (unpaired) electrons. The minimum Gasteiger partial charge on any atom is -0.378 e. The number of rotatable bonds is 4. The topological polar surface area (TPSA) is 55.2 Å². The summed E-state index contributed by atoms with van der Waals surface area (Å²) in [5, 5.41) is 14.2.